The van der Waals surface area contributed by atoms with E-state index in [-0.39, 0.29) is 0 Å². The Morgan fingerprint density at radius 3 is 2.05 bits per heavy atom. The maximum Gasteiger partial charge on any atom is 0.329 e. The molecule has 0 saturated heterocycles. The van der Waals surface area contributed by atoms with Gasteiger partial charge in [-0.05, 0) is 54.4 Å². The van der Waals surface area contributed by atoms with Crippen LogP contribution in [0.1, 0.15) is 12.0 Å². The van der Waals surface area contributed by atoms with E-state index in [9.17, 15) is 9.59 Å². The zero-order valence-corrected chi connectivity index (χ0v) is 13.5. The molecule has 0 spiro atoms. The quantitative estimate of drug-likeness (QED) is 0.635. The molecule has 2 aromatic carbocycles. The van der Waals surface area contributed by atoms with Crippen molar-refractivity contribution < 1.29 is 14.3 Å². The fourth-order valence-electron chi connectivity index (χ4n) is 2.08. The van der Waals surface area contributed by atoms with Crippen LogP contribution in [0.15, 0.2) is 48.5 Å². The summed E-state index contributed by atoms with van der Waals surface area (Å²) in [5.41, 5.74) is 2.75. The Hall–Kier alpha value is -2.13. The van der Waals surface area contributed by atoms with Crippen LogP contribution in [0.5, 0.6) is 5.75 Å². The first-order valence-corrected chi connectivity index (χ1v) is 9.76. The SMILES string of the molecule is C[Si](O)(O)CCCOc1ccc(-c2ccc(C#N)cc2)cc1. The van der Waals surface area contributed by atoms with Gasteiger partial charge in [0.15, 0.2) is 0 Å². The van der Waals surface area contributed by atoms with E-state index in [0.29, 0.717) is 24.6 Å². The molecule has 2 aromatic rings. The predicted octanol–water partition coefficient (Wildman–Crippen LogP) is 3.05. The Labute approximate surface area is 131 Å². The van der Waals surface area contributed by atoms with Crippen molar-refractivity contribution >= 4 is 8.56 Å². The molecule has 2 rings (SSSR count). The average Bonchev–Trinajstić information content (AvgIpc) is 2.51. The van der Waals surface area contributed by atoms with Crippen molar-refractivity contribution in [2.24, 2.45) is 0 Å². The van der Waals surface area contributed by atoms with Gasteiger partial charge >= 0.3 is 8.56 Å². The molecule has 4 nitrogen and oxygen atoms in total. The van der Waals surface area contributed by atoms with Crippen LogP contribution in [-0.4, -0.2) is 24.8 Å². The van der Waals surface area contributed by atoms with Crippen LogP contribution in [0.25, 0.3) is 11.1 Å². The first kappa shape index (κ1) is 16.2. The topological polar surface area (TPSA) is 73.5 Å². The second-order valence-corrected chi connectivity index (χ2v) is 8.32. The Balaban J connectivity index is 1.91. The van der Waals surface area contributed by atoms with Gasteiger partial charge in [-0.3, -0.25) is 0 Å². The molecule has 0 amide bonds. The zero-order chi connectivity index (χ0) is 16.0. The standard InChI is InChI=1S/C17H19NO3Si/c1-22(19,20)12-2-11-21-17-9-7-16(8-10-17)15-5-3-14(13-18)4-6-15/h3-10,19-20H,2,11-12H2,1H3. The van der Waals surface area contributed by atoms with Gasteiger partial charge in [0.25, 0.3) is 0 Å². The monoisotopic (exact) mass is 313 g/mol. The molecule has 0 atom stereocenters. The average molecular weight is 313 g/mol. The summed E-state index contributed by atoms with van der Waals surface area (Å²) in [5, 5.41) is 8.79. The Morgan fingerprint density at radius 2 is 1.55 bits per heavy atom. The molecule has 0 heterocycles. The molecule has 0 bridgehead atoms. The predicted molar refractivity (Wildman–Crippen MR) is 87.6 cm³/mol. The number of rotatable bonds is 6. The van der Waals surface area contributed by atoms with Gasteiger partial charge in [-0.2, -0.15) is 5.26 Å². The molecular weight excluding hydrogens is 294 g/mol. The maximum absolute atomic E-state index is 9.33. The number of nitriles is 1. The van der Waals surface area contributed by atoms with Crippen LogP contribution in [0.2, 0.25) is 12.6 Å². The lowest BCUT2D eigenvalue weighted by Crippen LogP contribution is -2.29. The van der Waals surface area contributed by atoms with Gasteiger partial charge < -0.3 is 14.3 Å². The second kappa shape index (κ2) is 7.23. The highest BCUT2D eigenvalue weighted by Crippen LogP contribution is 2.23. The fourth-order valence-corrected chi connectivity index (χ4v) is 2.89. The van der Waals surface area contributed by atoms with Crippen LogP contribution in [0.4, 0.5) is 0 Å². The third-order valence-electron chi connectivity index (χ3n) is 3.27. The molecule has 0 fully saturated rings. The van der Waals surface area contributed by atoms with Crippen LogP contribution in [0.3, 0.4) is 0 Å². The minimum absolute atomic E-state index is 0.413. The van der Waals surface area contributed by atoms with Gasteiger partial charge in [-0.15, -0.1) is 0 Å². The van der Waals surface area contributed by atoms with Crippen molar-refractivity contribution in [2.45, 2.75) is 19.0 Å². The van der Waals surface area contributed by atoms with Crippen LogP contribution < -0.4 is 4.74 Å². The summed E-state index contributed by atoms with van der Waals surface area (Å²) in [6.45, 7) is 1.97. The number of hydrogen-bond acceptors (Lipinski definition) is 4. The summed E-state index contributed by atoms with van der Waals surface area (Å²) in [6, 6.07) is 17.7. The van der Waals surface area contributed by atoms with E-state index in [1.54, 1.807) is 12.1 Å². The van der Waals surface area contributed by atoms with Crippen LogP contribution >= 0.6 is 0 Å². The second-order valence-electron chi connectivity index (χ2n) is 5.38. The van der Waals surface area contributed by atoms with E-state index in [0.717, 1.165) is 16.9 Å². The lowest BCUT2D eigenvalue weighted by atomic mass is 10.0. The van der Waals surface area contributed by atoms with Gasteiger partial charge in [0.05, 0.1) is 18.2 Å². The first-order valence-electron chi connectivity index (χ1n) is 7.16. The van der Waals surface area contributed by atoms with E-state index in [1.165, 1.54) is 6.55 Å². The lowest BCUT2D eigenvalue weighted by Gasteiger charge is -2.12. The first-order chi connectivity index (χ1) is 10.5. The molecule has 114 valence electrons. The number of nitrogens with zero attached hydrogens (tertiary/aromatic N) is 1. The van der Waals surface area contributed by atoms with E-state index in [1.807, 2.05) is 36.4 Å². The van der Waals surface area contributed by atoms with Crippen LogP contribution in [0, 0.1) is 11.3 Å². The van der Waals surface area contributed by atoms with E-state index >= 15 is 0 Å². The van der Waals surface area contributed by atoms with Crippen molar-refractivity contribution in [3.05, 3.63) is 54.1 Å². The molecule has 0 aliphatic carbocycles. The number of ether oxygens (including phenoxy) is 1. The van der Waals surface area contributed by atoms with Crippen molar-refractivity contribution in [1.29, 1.82) is 5.26 Å². The zero-order valence-electron chi connectivity index (χ0n) is 12.5. The minimum atomic E-state index is -2.96. The highest BCUT2D eigenvalue weighted by molar-refractivity contribution is 6.63. The molecule has 0 aliphatic heterocycles. The highest BCUT2D eigenvalue weighted by atomic mass is 28.4. The number of benzene rings is 2. The Morgan fingerprint density at radius 1 is 1.00 bits per heavy atom. The van der Waals surface area contributed by atoms with Crippen molar-refractivity contribution in [3.8, 4) is 22.9 Å². The van der Waals surface area contributed by atoms with E-state index < -0.39 is 8.56 Å². The van der Waals surface area contributed by atoms with Gasteiger partial charge in [0, 0.05) is 0 Å². The molecule has 5 heteroatoms. The van der Waals surface area contributed by atoms with E-state index in [2.05, 4.69) is 6.07 Å². The molecule has 0 unspecified atom stereocenters. The third kappa shape index (κ3) is 5.01. The molecule has 0 aliphatic rings. The third-order valence-corrected chi connectivity index (χ3v) is 4.57. The van der Waals surface area contributed by atoms with Crippen molar-refractivity contribution in [2.75, 3.05) is 6.61 Å². The van der Waals surface area contributed by atoms with Gasteiger partial charge in [0.1, 0.15) is 5.75 Å². The minimum Gasteiger partial charge on any atom is -0.494 e. The summed E-state index contributed by atoms with van der Waals surface area (Å²) in [4.78, 5) is 18.7. The van der Waals surface area contributed by atoms with Gasteiger partial charge in [-0.1, -0.05) is 24.3 Å². The maximum atomic E-state index is 9.33. The number of hydrogen-bond donors (Lipinski definition) is 2. The fraction of sp³-hybridized carbons (Fsp3) is 0.235. The Kier molecular flexibility index (Phi) is 5.34. The van der Waals surface area contributed by atoms with Crippen molar-refractivity contribution in [3.63, 3.8) is 0 Å². The molecule has 0 saturated carbocycles. The van der Waals surface area contributed by atoms with E-state index in [4.69, 9.17) is 10.00 Å². The molecular formula is C17H19NO3Si. The summed E-state index contributed by atoms with van der Waals surface area (Å²) in [6.07, 6.45) is 0.632. The lowest BCUT2D eigenvalue weighted by molar-refractivity contribution is 0.304. The highest BCUT2D eigenvalue weighted by Gasteiger charge is 2.20. The van der Waals surface area contributed by atoms with Crippen LogP contribution in [-0.2, 0) is 0 Å². The summed E-state index contributed by atoms with van der Waals surface area (Å²) < 4.78 is 5.59. The molecule has 0 radical (unpaired) electrons. The summed E-state index contributed by atoms with van der Waals surface area (Å²) >= 11 is 0. The summed E-state index contributed by atoms with van der Waals surface area (Å²) in [7, 11) is -2.96. The summed E-state index contributed by atoms with van der Waals surface area (Å²) in [5.74, 6) is 0.761. The Bertz CT molecular complexity index is 640. The van der Waals surface area contributed by atoms with Gasteiger partial charge in [0.2, 0.25) is 0 Å². The molecule has 0 aromatic heterocycles. The largest absolute Gasteiger partial charge is 0.494 e. The molecule has 2 N–H and O–H groups in total. The molecule has 22 heavy (non-hydrogen) atoms. The normalized spacial score (nSPS) is 11.0. The van der Waals surface area contributed by atoms with Gasteiger partial charge in [-0.25, -0.2) is 0 Å². The van der Waals surface area contributed by atoms with Crippen molar-refractivity contribution in [1.82, 2.24) is 0 Å². The smallest absolute Gasteiger partial charge is 0.329 e.